The van der Waals surface area contributed by atoms with E-state index in [4.69, 9.17) is 0 Å². The van der Waals surface area contributed by atoms with Gasteiger partial charge in [-0.15, -0.1) is 0 Å². The number of alkyl halides is 2. The summed E-state index contributed by atoms with van der Waals surface area (Å²) in [5.74, 6) is -0.302. The molecule has 0 spiro atoms. The zero-order valence-corrected chi connectivity index (χ0v) is 26.0. The molecule has 232 valence electrons. The predicted molar refractivity (Wildman–Crippen MR) is 172 cm³/mol. The topological polar surface area (TPSA) is 59.4 Å². The summed E-state index contributed by atoms with van der Waals surface area (Å²) in [6, 6.07) is 22.0. The first-order valence-electron chi connectivity index (χ1n) is 14.9. The van der Waals surface area contributed by atoms with Crippen molar-refractivity contribution in [2.75, 3.05) is 18.0 Å². The van der Waals surface area contributed by atoms with Crippen LogP contribution in [0.25, 0.3) is 33.3 Å². The first-order chi connectivity index (χ1) is 21.5. The minimum atomic E-state index is -4.37. The van der Waals surface area contributed by atoms with E-state index < -0.39 is 22.3 Å². The van der Waals surface area contributed by atoms with Gasteiger partial charge in [-0.05, 0) is 92.8 Å². The number of carbonyl (C=O) groups excluding carboxylic acids is 1. The summed E-state index contributed by atoms with van der Waals surface area (Å²) < 4.78 is 72.0. The number of aryl methyl sites for hydroxylation is 2. The fourth-order valence-corrected chi connectivity index (χ4v) is 8.04. The van der Waals surface area contributed by atoms with Crippen LogP contribution in [0.4, 0.5) is 18.9 Å². The zero-order chi connectivity index (χ0) is 32.0. The number of hydrogen-bond donors (Lipinski definition) is 0. The van der Waals surface area contributed by atoms with Crippen LogP contribution < -0.4 is 4.90 Å². The van der Waals surface area contributed by atoms with Crippen LogP contribution in [0.15, 0.2) is 89.8 Å². The lowest BCUT2D eigenvalue weighted by atomic mass is 9.91. The smallest absolute Gasteiger partial charge is 0.268 e. The Morgan fingerprint density at radius 3 is 2.11 bits per heavy atom. The molecule has 0 amide bonds. The number of aromatic nitrogens is 1. The van der Waals surface area contributed by atoms with Gasteiger partial charge in [0.25, 0.3) is 16.4 Å². The van der Waals surface area contributed by atoms with Crippen LogP contribution in [0, 0.1) is 25.6 Å². The molecule has 9 heteroatoms. The van der Waals surface area contributed by atoms with Gasteiger partial charge in [-0.2, -0.15) is 0 Å². The number of fused-ring (bicyclic) bond motifs is 1. The number of nitrogens with zero attached hydrogens (tertiary/aromatic N) is 2. The van der Waals surface area contributed by atoms with Gasteiger partial charge in [0.05, 0.1) is 16.1 Å². The van der Waals surface area contributed by atoms with Gasteiger partial charge in [-0.1, -0.05) is 42.5 Å². The van der Waals surface area contributed by atoms with Crippen molar-refractivity contribution in [2.45, 2.75) is 44.9 Å². The van der Waals surface area contributed by atoms with E-state index in [9.17, 15) is 26.4 Å². The molecule has 2 heterocycles. The van der Waals surface area contributed by atoms with Crippen molar-refractivity contribution in [3.8, 4) is 22.4 Å². The third kappa shape index (κ3) is 5.54. The first kappa shape index (κ1) is 30.6. The van der Waals surface area contributed by atoms with Gasteiger partial charge < -0.3 is 4.90 Å². The van der Waals surface area contributed by atoms with E-state index in [1.807, 2.05) is 56.3 Å². The van der Waals surface area contributed by atoms with Crippen LogP contribution >= 0.6 is 0 Å². The average molecular weight is 631 g/mol. The molecule has 1 saturated heterocycles. The molecule has 5 nitrogen and oxygen atoms in total. The normalized spacial score (nSPS) is 14.4. The zero-order valence-electron chi connectivity index (χ0n) is 25.2. The van der Waals surface area contributed by atoms with Gasteiger partial charge in [0.2, 0.25) is 0 Å². The molecule has 0 saturated carbocycles. The van der Waals surface area contributed by atoms with E-state index >= 15 is 0 Å². The monoisotopic (exact) mass is 630 g/mol. The molecule has 5 aromatic rings. The number of ketones is 1. The second-order valence-corrected chi connectivity index (χ2v) is 13.5. The fourth-order valence-electron chi connectivity index (χ4n) is 6.49. The summed E-state index contributed by atoms with van der Waals surface area (Å²) >= 11 is 0. The second kappa shape index (κ2) is 11.9. The van der Waals surface area contributed by atoms with E-state index in [2.05, 4.69) is 4.90 Å². The molecule has 1 aromatic heterocycles. The van der Waals surface area contributed by atoms with Crippen LogP contribution in [0.2, 0.25) is 0 Å². The average Bonchev–Trinajstić information content (AvgIpc) is 3.36. The van der Waals surface area contributed by atoms with Crippen molar-refractivity contribution >= 4 is 32.4 Å². The third-order valence-corrected chi connectivity index (χ3v) is 10.6. The first-order valence-corrected chi connectivity index (χ1v) is 16.3. The Kier molecular flexibility index (Phi) is 8.07. The molecule has 1 fully saturated rings. The van der Waals surface area contributed by atoms with Gasteiger partial charge in [0.1, 0.15) is 11.6 Å². The van der Waals surface area contributed by atoms with Gasteiger partial charge in [0, 0.05) is 46.8 Å². The van der Waals surface area contributed by atoms with Crippen LogP contribution in [0.5, 0.6) is 0 Å². The highest BCUT2D eigenvalue weighted by molar-refractivity contribution is 7.90. The van der Waals surface area contributed by atoms with Crippen molar-refractivity contribution in [1.29, 1.82) is 0 Å². The van der Waals surface area contributed by atoms with Crippen LogP contribution in [-0.2, 0) is 14.8 Å². The van der Waals surface area contributed by atoms with Crippen LogP contribution in [0.1, 0.15) is 42.9 Å². The van der Waals surface area contributed by atoms with Gasteiger partial charge in [0.15, 0.2) is 0 Å². The quantitative estimate of drug-likeness (QED) is 0.181. The standard InChI is InChI=1S/C36H33F3N2O3S/c1-22-6-4-7-23(2)33(22)34-31-21-28(37)12-15-32(31)41(45(43,44)30-13-10-26(11-14-30)36(38)39)35(34)27-8-5-9-29(20-27)40-18-16-25(17-19-40)24(3)42/h4-15,20-21,25,36H,16-19H2,1-3H3. The van der Waals surface area contributed by atoms with E-state index in [-0.39, 0.29) is 27.7 Å². The summed E-state index contributed by atoms with van der Waals surface area (Å²) in [7, 11) is -4.37. The molecule has 1 aliphatic heterocycles. The highest BCUT2D eigenvalue weighted by Gasteiger charge is 2.31. The molecule has 6 rings (SSSR count). The number of anilines is 1. The summed E-state index contributed by atoms with van der Waals surface area (Å²) in [4.78, 5) is 14.0. The van der Waals surface area contributed by atoms with Crippen molar-refractivity contribution < 1.29 is 26.4 Å². The second-order valence-electron chi connectivity index (χ2n) is 11.7. The highest BCUT2D eigenvalue weighted by atomic mass is 32.2. The maximum absolute atomic E-state index is 15.0. The molecule has 0 radical (unpaired) electrons. The summed E-state index contributed by atoms with van der Waals surface area (Å²) in [6.45, 7) is 6.85. The number of rotatable bonds is 7. The van der Waals surface area contributed by atoms with E-state index in [1.54, 1.807) is 6.92 Å². The van der Waals surface area contributed by atoms with Crippen molar-refractivity contribution in [3.63, 3.8) is 0 Å². The molecular weight excluding hydrogens is 597 g/mol. The number of hydrogen-bond acceptors (Lipinski definition) is 4. The van der Waals surface area contributed by atoms with E-state index in [1.165, 1.54) is 34.3 Å². The van der Waals surface area contributed by atoms with Crippen LogP contribution in [-0.4, -0.2) is 31.3 Å². The highest BCUT2D eigenvalue weighted by Crippen LogP contribution is 2.46. The summed E-state index contributed by atoms with van der Waals surface area (Å²) in [5, 5.41) is 0.419. The summed E-state index contributed by atoms with van der Waals surface area (Å²) in [5.41, 5.74) is 4.96. The van der Waals surface area contributed by atoms with Gasteiger partial charge >= 0.3 is 0 Å². The molecule has 0 aliphatic carbocycles. The Bertz CT molecular complexity index is 2010. The Morgan fingerprint density at radius 2 is 1.49 bits per heavy atom. The molecule has 45 heavy (non-hydrogen) atoms. The van der Waals surface area contributed by atoms with Gasteiger partial charge in [-0.25, -0.2) is 25.6 Å². The van der Waals surface area contributed by atoms with Gasteiger partial charge in [-0.3, -0.25) is 4.79 Å². The largest absolute Gasteiger partial charge is 0.371 e. The number of halogens is 3. The SMILES string of the molecule is CC(=O)C1CCN(c2cccc(-c3c(-c4c(C)cccc4C)c4cc(F)ccc4n3S(=O)(=O)c3ccc(C(F)F)cc3)c2)CC1. The Morgan fingerprint density at radius 1 is 0.844 bits per heavy atom. The van der Waals surface area contributed by atoms with Crippen molar-refractivity contribution in [3.05, 3.63) is 107 Å². The number of Topliss-reactive ketones (excluding diaryl/α,β-unsaturated/α-hetero) is 1. The Labute approximate surface area is 261 Å². The lowest BCUT2D eigenvalue weighted by Crippen LogP contribution is -2.35. The third-order valence-electron chi connectivity index (χ3n) is 8.84. The van der Waals surface area contributed by atoms with E-state index in [0.29, 0.717) is 35.3 Å². The maximum atomic E-state index is 15.0. The minimum absolute atomic E-state index is 0.0269. The fraction of sp³-hybridized carbons (Fsp3) is 0.250. The lowest BCUT2D eigenvalue weighted by Gasteiger charge is -2.33. The molecule has 1 aliphatic rings. The van der Waals surface area contributed by atoms with E-state index in [0.717, 1.165) is 47.4 Å². The summed E-state index contributed by atoms with van der Waals surface area (Å²) in [6.07, 6.45) is -1.28. The molecular formula is C36H33F3N2O3S. The molecule has 0 bridgehead atoms. The molecule has 4 aromatic carbocycles. The van der Waals surface area contributed by atoms with Crippen molar-refractivity contribution in [1.82, 2.24) is 3.97 Å². The molecule has 0 unspecified atom stereocenters. The molecule has 0 N–H and O–H groups in total. The molecule has 0 atom stereocenters. The number of carbonyl (C=O) groups is 1. The Balaban J connectivity index is 1.64. The lowest BCUT2D eigenvalue weighted by molar-refractivity contribution is -0.121. The number of piperidine rings is 1. The minimum Gasteiger partial charge on any atom is -0.371 e. The van der Waals surface area contributed by atoms with Crippen LogP contribution in [0.3, 0.4) is 0 Å². The van der Waals surface area contributed by atoms with Crippen molar-refractivity contribution in [2.24, 2.45) is 5.92 Å². The predicted octanol–water partition coefficient (Wildman–Crippen LogP) is 8.71. The Hall–Kier alpha value is -4.37. The maximum Gasteiger partial charge on any atom is 0.268 e. The number of benzene rings is 4.